The van der Waals surface area contributed by atoms with Gasteiger partial charge in [-0.2, -0.15) is 0 Å². The van der Waals surface area contributed by atoms with Gasteiger partial charge in [-0.15, -0.1) is 0 Å². The van der Waals surface area contributed by atoms with E-state index in [2.05, 4.69) is 9.97 Å². The van der Waals surface area contributed by atoms with Crippen LogP contribution in [0, 0.1) is 0 Å². The number of aromatic nitrogens is 2. The Morgan fingerprint density at radius 3 is 3.00 bits per heavy atom. The van der Waals surface area contributed by atoms with E-state index in [-0.39, 0.29) is 0 Å². The van der Waals surface area contributed by atoms with E-state index in [9.17, 15) is 0 Å². The molecule has 0 aromatic carbocycles. The molecule has 3 nitrogen and oxygen atoms in total. The monoisotopic (exact) mass is 180 g/mol. The van der Waals surface area contributed by atoms with E-state index in [4.69, 9.17) is 4.74 Å². The van der Waals surface area contributed by atoms with Crippen LogP contribution in [-0.2, 0) is 24.0 Å². The van der Waals surface area contributed by atoms with E-state index in [0.717, 1.165) is 25.3 Å². The number of aromatic amines is 1. The molecule has 3 heteroatoms. The second-order valence-corrected chi connectivity index (χ2v) is 3.56. The average Bonchev–Trinajstić information content (AvgIpc) is 2.57. The first-order valence-corrected chi connectivity index (χ1v) is 4.95. The van der Waals surface area contributed by atoms with Crippen molar-refractivity contribution in [2.24, 2.45) is 0 Å². The minimum absolute atomic E-state index is 0.756. The summed E-state index contributed by atoms with van der Waals surface area (Å²) in [5.74, 6) is 1.09. The number of aryl methyl sites for hydroxylation is 2. The Morgan fingerprint density at radius 2 is 2.23 bits per heavy atom. The van der Waals surface area contributed by atoms with Crippen molar-refractivity contribution in [3.05, 3.63) is 17.2 Å². The average molecular weight is 180 g/mol. The number of nitrogens with zero attached hydrogens (tertiary/aromatic N) is 1. The van der Waals surface area contributed by atoms with Crippen LogP contribution in [0.15, 0.2) is 0 Å². The third kappa shape index (κ3) is 1.91. The van der Waals surface area contributed by atoms with E-state index in [1.807, 2.05) is 0 Å². The topological polar surface area (TPSA) is 37.9 Å². The summed E-state index contributed by atoms with van der Waals surface area (Å²) in [7, 11) is 1.73. The lowest BCUT2D eigenvalue weighted by molar-refractivity contribution is 0.200. The van der Waals surface area contributed by atoms with Gasteiger partial charge in [0.25, 0.3) is 0 Å². The van der Waals surface area contributed by atoms with E-state index >= 15 is 0 Å². The van der Waals surface area contributed by atoms with Gasteiger partial charge in [-0.1, -0.05) is 0 Å². The highest BCUT2D eigenvalue weighted by atomic mass is 16.5. The maximum absolute atomic E-state index is 5.02. The summed E-state index contributed by atoms with van der Waals surface area (Å²) in [5, 5.41) is 0. The lowest BCUT2D eigenvalue weighted by Gasteiger charge is -2.07. The molecule has 0 fully saturated rings. The van der Waals surface area contributed by atoms with Crippen LogP contribution in [0.5, 0.6) is 0 Å². The largest absolute Gasteiger partial charge is 0.384 e. The van der Waals surface area contributed by atoms with Gasteiger partial charge in [0.1, 0.15) is 5.82 Å². The maximum Gasteiger partial charge on any atom is 0.108 e. The summed E-state index contributed by atoms with van der Waals surface area (Å²) >= 11 is 0. The van der Waals surface area contributed by atoms with Crippen LogP contribution in [0.3, 0.4) is 0 Å². The zero-order chi connectivity index (χ0) is 9.10. The predicted octanol–water partition coefficient (Wildman–Crippen LogP) is 1.48. The van der Waals surface area contributed by atoms with Gasteiger partial charge in [0, 0.05) is 19.2 Å². The highest BCUT2D eigenvalue weighted by molar-refractivity contribution is 5.17. The number of rotatable bonds is 3. The zero-order valence-corrected chi connectivity index (χ0v) is 8.10. The Balaban J connectivity index is 2.07. The van der Waals surface area contributed by atoms with Gasteiger partial charge in [-0.05, 0) is 25.7 Å². The van der Waals surface area contributed by atoms with Crippen molar-refractivity contribution < 1.29 is 4.74 Å². The molecule has 0 aliphatic heterocycles. The molecule has 0 bridgehead atoms. The third-order valence-electron chi connectivity index (χ3n) is 2.55. The summed E-state index contributed by atoms with van der Waals surface area (Å²) in [6, 6.07) is 0. The molecule has 0 spiro atoms. The second-order valence-electron chi connectivity index (χ2n) is 3.56. The van der Waals surface area contributed by atoms with Crippen molar-refractivity contribution in [1.29, 1.82) is 0 Å². The fourth-order valence-electron chi connectivity index (χ4n) is 1.83. The molecule has 0 amide bonds. The summed E-state index contributed by atoms with van der Waals surface area (Å²) in [5.41, 5.74) is 2.65. The Kier molecular flexibility index (Phi) is 2.64. The van der Waals surface area contributed by atoms with Gasteiger partial charge in [0.15, 0.2) is 0 Å². The van der Waals surface area contributed by atoms with Gasteiger partial charge >= 0.3 is 0 Å². The lowest BCUT2D eigenvalue weighted by atomic mass is 10.0. The molecule has 0 saturated heterocycles. The molecule has 2 rings (SSSR count). The van der Waals surface area contributed by atoms with Gasteiger partial charge in [0.05, 0.1) is 12.3 Å². The van der Waals surface area contributed by atoms with Crippen LogP contribution in [-0.4, -0.2) is 23.7 Å². The predicted molar refractivity (Wildman–Crippen MR) is 50.8 cm³/mol. The number of methoxy groups -OCH3 is 1. The van der Waals surface area contributed by atoms with Crippen molar-refractivity contribution in [3.8, 4) is 0 Å². The van der Waals surface area contributed by atoms with E-state index in [1.165, 1.54) is 30.7 Å². The quantitative estimate of drug-likeness (QED) is 0.765. The molecule has 0 unspecified atom stereocenters. The highest BCUT2D eigenvalue weighted by Gasteiger charge is 2.13. The SMILES string of the molecule is COCCc1nc2c([nH]1)CCCC2. The standard InChI is InChI=1S/C10H16N2O/c1-13-7-6-10-11-8-4-2-3-5-9(8)12-10/h2-7H2,1H3,(H,11,12). The summed E-state index contributed by atoms with van der Waals surface area (Å²) in [6.45, 7) is 0.756. The van der Waals surface area contributed by atoms with Crippen molar-refractivity contribution in [3.63, 3.8) is 0 Å². The molecule has 1 aliphatic carbocycles. The van der Waals surface area contributed by atoms with Crippen LogP contribution >= 0.6 is 0 Å². The molecule has 0 radical (unpaired) electrons. The minimum Gasteiger partial charge on any atom is -0.384 e. The van der Waals surface area contributed by atoms with E-state index in [0.29, 0.717) is 0 Å². The molecule has 1 aromatic rings. The number of H-pyrrole nitrogens is 1. The maximum atomic E-state index is 5.02. The molecule has 72 valence electrons. The number of imidazole rings is 1. The molecule has 1 aromatic heterocycles. The fraction of sp³-hybridized carbons (Fsp3) is 0.700. The van der Waals surface area contributed by atoms with Crippen molar-refractivity contribution in [2.75, 3.05) is 13.7 Å². The second kappa shape index (κ2) is 3.92. The molecular weight excluding hydrogens is 164 g/mol. The number of ether oxygens (including phenoxy) is 1. The van der Waals surface area contributed by atoms with Gasteiger partial charge in [-0.25, -0.2) is 4.98 Å². The minimum atomic E-state index is 0.756. The highest BCUT2D eigenvalue weighted by Crippen LogP contribution is 2.18. The summed E-state index contributed by atoms with van der Waals surface area (Å²) < 4.78 is 5.02. The molecule has 1 N–H and O–H groups in total. The van der Waals surface area contributed by atoms with Gasteiger partial charge in [-0.3, -0.25) is 0 Å². The summed E-state index contributed by atoms with van der Waals surface area (Å²) in [4.78, 5) is 7.93. The van der Waals surface area contributed by atoms with Crippen LogP contribution in [0.25, 0.3) is 0 Å². The number of nitrogens with one attached hydrogen (secondary N) is 1. The first kappa shape index (κ1) is 8.75. The van der Waals surface area contributed by atoms with Crippen LogP contribution in [0.1, 0.15) is 30.1 Å². The first-order valence-electron chi connectivity index (χ1n) is 4.95. The van der Waals surface area contributed by atoms with Crippen molar-refractivity contribution in [2.45, 2.75) is 32.1 Å². The van der Waals surface area contributed by atoms with Crippen LogP contribution in [0.2, 0.25) is 0 Å². The van der Waals surface area contributed by atoms with Gasteiger partial charge in [0.2, 0.25) is 0 Å². The molecule has 13 heavy (non-hydrogen) atoms. The van der Waals surface area contributed by atoms with E-state index < -0.39 is 0 Å². The van der Waals surface area contributed by atoms with E-state index in [1.54, 1.807) is 7.11 Å². The first-order chi connectivity index (χ1) is 6.40. The number of hydrogen-bond acceptors (Lipinski definition) is 2. The fourth-order valence-corrected chi connectivity index (χ4v) is 1.83. The Hall–Kier alpha value is -0.830. The van der Waals surface area contributed by atoms with Crippen molar-refractivity contribution >= 4 is 0 Å². The Bertz CT molecular complexity index is 257. The Morgan fingerprint density at radius 1 is 1.38 bits per heavy atom. The van der Waals surface area contributed by atoms with Gasteiger partial charge < -0.3 is 9.72 Å². The third-order valence-corrected chi connectivity index (χ3v) is 2.55. The number of fused-ring (bicyclic) bond motifs is 1. The van der Waals surface area contributed by atoms with Crippen molar-refractivity contribution in [1.82, 2.24) is 9.97 Å². The zero-order valence-electron chi connectivity index (χ0n) is 8.10. The smallest absolute Gasteiger partial charge is 0.108 e. The molecule has 0 saturated carbocycles. The number of hydrogen-bond donors (Lipinski definition) is 1. The Labute approximate surface area is 78.5 Å². The molecule has 1 aliphatic rings. The van der Waals surface area contributed by atoms with Crippen LogP contribution in [0.4, 0.5) is 0 Å². The van der Waals surface area contributed by atoms with Crippen LogP contribution < -0.4 is 0 Å². The lowest BCUT2D eigenvalue weighted by Crippen LogP contribution is -2.00. The molecular formula is C10H16N2O. The molecule has 0 atom stereocenters. The normalized spacial score (nSPS) is 15.8. The molecule has 1 heterocycles. The summed E-state index contributed by atoms with van der Waals surface area (Å²) in [6.07, 6.45) is 5.83.